The lowest BCUT2D eigenvalue weighted by Crippen LogP contribution is -2.67. The number of aliphatic imine (C=N–C) groups is 1. The molecule has 0 aliphatic carbocycles. The van der Waals surface area contributed by atoms with E-state index in [1.165, 1.54) is 4.88 Å². The zero-order valence-corrected chi connectivity index (χ0v) is 38.6. The van der Waals surface area contributed by atoms with E-state index in [-0.39, 0.29) is 48.6 Å². The minimum absolute atomic E-state index is 0.00154. The summed E-state index contributed by atoms with van der Waals surface area (Å²) in [6.07, 6.45) is 0.206. The molecule has 3 atom stereocenters. The van der Waals surface area contributed by atoms with Crippen LogP contribution in [-0.4, -0.2) is 135 Å². The van der Waals surface area contributed by atoms with Crippen LogP contribution in [0.3, 0.4) is 0 Å². The van der Waals surface area contributed by atoms with E-state index in [9.17, 15) is 24.0 Å². The van der Waals surface area contributed by atoms with E-state index in [0.29, 0.717) is 34.9 Å². The van der Waals surface area contributed by atoms with E-state index in [0.717, 1.165) is 83.1 Å². The largest absolute Gasteiger partial charge is 0.488 e. The van der Waals surface area contributed by atoms with Crippen molar-refractivity contribution in [1.29, 1.82) is 0 Å². The van der Waals surface area contributed by atoms with Crippen LogP contribution in [0, 0.1) is 20.8 Å². The first-order chi connectivity index (χ1) is 32.4. The van der Waals surface area contributed by atoms with Crippen molar-refractivity contribution in [3.8, 4) is 10.8 Å². The summed E-state index contributed by atoms with van der Waals surface area (Å²) in [4.78, 5) is 78.7. The number of benzene rings is 3. The molecule has 3 aromatic carbocycles. The summed E-state index contributed by atoms with van der Waals surface area (Å²) in [5.74, 6) is -0.171. The third kappa shape index (κ3) is 7.89. The minimum atomic E-state index is -0.991. The van der Waals surface area contributed by atoms with Crippen molar-refractivity contribution < 1.29 is 33.4 Å². The number of aryl methyl sites for hydroxylation is 2. The maximum atomic E-state index is 13.7. The number of morpholine rings is 1. The van der Waals surface area contributed by atoms with E-state index in [1.807, 2.05) is 66.1 Å². The molecule has 0 saturated carbocycles. The number of nitrogens with one attached hydrogen (secondary N) is 2. The molecular formula is C48H47ClN10O7S. The maximum absolute atomic E-state index is 13.7. The van der Waals surface area contributed by atoms with Crippen LogP contribution in [0.1, 0.15) is 79.2 Å². The third-order valence-corrected chi connectivity index (χ3v) is 15.2. The van der Waals surface area contributed by atoms with E-state index < -0.39 is 35.7 Å². The molecular weight excluding hydrogens is 896 g/mol. The SMILES string of the molecule is Cc1sc2c(c1C)C(c1ccc(Cl)cc1)=N[C@@H](CC(=O)Nc1ccc(OC3CN(C4CN(C5CN(c6ccc7c(c6)C(=O)N(C6CCC(=O)NC6=O)C7=O)C5)CCO4)C3)cc1)c1nnc(C)n1-2. The normalized spacial score (nSPS) is 22.3. The lowest BCUT2D eigenvalue weighted by molar-refractivity contribution is -0.162. The number of anilines is 2. The van der Waals surface area contributed by atoms with Crippen molar-refractivity contribution in [1.82, 2.24) is 34.8 Å². The van der Waals surface area contributed by atoms with E-state index in [4.69, 9.17) is 26.1 Å². The van der Waals surface area contributed by atoms with Crippen LogP contribution in [0.5, 0.6) is 5.75 Å². The number of amides is 5. The van der Waals surface area contributed by atoms with Crippen LogP contribution in [0.15, 0.2) is 71.7 Å². The van der Waals surface area contributed by atoms with E-state index in [1.54, 1.807) is 23.5 Å². The van der Waals surface area contributed by atoms with Gasteiger partial charge in [0.1, 0.15) is 41.0 Å². The summed E-state index contributed by atoms with van der Waals surface area (Å²) in [7, 11) is 0. The quantitative estimate of drug-likeness (QED) is 0.182. The number of halogens is 1. The predicted molar refractivity (Wildman–Crippen MR) is 249 cm³/mol. The highest BCUT2D eigenvalue weighted by Crippen LogP contribution is 2.40. The molecule has 8 heterocycles. The van der Waals surface area contributed by atoms with Gasteiger partial charge in [-0.05, 0) is 87.4 Å². The molecule has 2 N–H and O–H groups in total. The lowest BCUT2D eigenvalue weighted by Gasteiger charge is -2.52. The first-order valence-corrected chi connectivity index (χ1v) is 23.7. The summed E-state index contributed by atoms with van der Waals surface area (Å²) in [6.45, 7) is 11.3. The van der Waals surface area contributed by atoms with Crippen LogP contribution >= 0.6 is 22.9 Å². The number of aromatic nitrogens is 3. The molecule has 0 radical (unpaired) electrons. The second-order valence-corrected chi connectivity index (χ2v) is 19.6. The Labute approximate surface area is 394 Å². The summed E-state index contributed by atoms with van der Waals surface area (Å²) in [5, 5.41) is 15.8. The molecule has 0 bridgehead atoms. The van der Waals surface area contributed by atoms with Crippen LogP contribution in [-0.2, 0) is 19.1 Å². The number of ether oxygens (including phenoxy) is 2. The van der Waals surface area contributed by atoms with Gasteiger partial charge in [-0.3, -0.25) is 53.5 Å². The van der Waals surface area contributed by atoms with Crippen LogP contribution in [0.2, 0.25) is 5.02 Å². The molecule has 5 amide bonds. The third-order valence-electron chi connectivity index (χ3n) is 13.7. The number of rotatable bonds is 10. The Morgan fingerprint density at radius 2 is 1.67 bits per heavy atom. The van der Waals surface area contributed by atoms with Crippen molar-refractivity contribution in [2.45, 2.75) is 70.5 Å². The molecule has 2 aromatic heterocycles. The standard InChI is InChI=1S/C48H47ClN10O7S/c1-25-26(2)67-48-42(25)43(28-4-6-29(49)7-5-28)51-37(44-54-53-27(3)58(44)48)19-40(61)50-30-8-11-33(12-9-30)66-34-22-57(23-34)41-24-55(16-17-65-41)32-20-56(21-32)31-10-13-35-36(18-31)47(64)59(46(35)63)38-14-15-39(60)52-45(38)62/h4-13,18,32,34,37-38,41H,14-17,19-24H2,1-3H3,(H,50,61)(H,52,60,62)/t37-,38?,41?/m0/s1. The van der Waals surface area contributed by atoms with Gasteiger partial charge in [0, 0.05) is 84.1 Å². The Bertz CT molecular complexity index is 2890. The number of nitrogens with zero attached hydrogens (tertiary/aromatic N) is 8. The molecule has 17 nitrogen and oxygen atoms in total. The zero-order chi connectivity index (χ0) is 46.2. The monoisotopic (exact) mass is 942 g/mol. The first-order valence-electron chi connectivity index (χ1n) is 22.5. The van der Waals surface area contributed by atoms with Gasteiger partial charge in [0.05, 0.1) is 29.9 Å². The van der Waals surface area contributed by atoms with Crippen molar-refractivity contribution >= 4 is 69.6 Å². The summed E-state index contributed by atoms with van der Waals surface area (Å²) in [6, 6.07) is 19.0. The number of fused-ring (bicyclic) bond motifs is 4. The first kappa shape index (κ1) is 43.3. The Balaban J connectivity index is 0.667. The number of carbonyl (C=O) groups excluding carboxylic acids is 5. The van der Waals surface area contributed by atoms with E-state index in [2.05, 4.69) is 49.4 Å². The Morgan fingerprint density at radius 1 is 0.910 bits per heavy atom. The smallest absolute Gasteiger partial charge is 0.262 e. The fourth-order valence-electron chi connectivity index (χ4n) is 9.86. The maximum Gasteiger partial charge on any atom is 0.262 e. The van der Waals surface area contributed by atoms with Gasteiger partial charge >= 0.3 is 0 Å². The van der Waals surface area contributed by atoms with Crippen molar-refractivity contribution in [2.24, 2.45) is 4.99 Å². The summed E-state index contributed by atoms with van der Waals surface area (Å²) >= 11 is 7.93. The molecule has 6 aliphatic rings. The molecule has 2 unspecified atom stereocenters. The van der Waals surface area contributed by atoms with Crippen LogP contribution in [0.25, 0.3) is 5.00 Å². The van der Waals surface area contributed by atoms with Crippen molar-refractivity contribution in [3.63, 3.8) is 0 Å². The number of hydrogen-bond acceptors (Lipinski definition) is 14. The second kappa shape index (κ2) is 17.1. The average Bonchev–Trinajstić information content (AvgIpc) is 3.86. The van der Waals surface area contributed by atoms with Crippen LogP contribution < -0.4 is 20.3 Å². The fraction of sp³-hybridized carbons (Fsp3) is 0.375. The van der Waals surface area contributed by atoms with Gasteiger partial charge < -0.3 is 19.7 Å². The zero-order valence-electron chi connectivity index (χ0n) is 37.0. The molecule has 5 aromatic rings. The molecule has 0 spiro atoms. The Morgan fingerprint density at radius 3 is 2.43 bits per heavy atom. The highest BCUT2D eigenvalue weighted by molar-refractivity contribution is 7.15. The number of piperidine rings is 1. The molecule has 67 heavy (non-hydrogen) atoms. The van der Waals surface area contributed by atoms with Gasteiger partial charge in [-0.1, -0.05) is 23.7 Å². The molecule has 11 rings (SSSR count). The Kier molecular flexibility index (Phi) is 11.0. The second-order valence-electron chi connectivity index (χ2n) is 17.9. The van der Waals surface area contributed by atoms with Gasteiger partial charge in [-0.25, -0.2) is 0 Å². The minimum Gasteiger partial charge on any atom is -0.488 e. The topological polar surface area (TPSA) is 184 Å². The van der Waals surface area contributed by atoms with Gasteiger partial charge in [-0.2, -0.15) is 0 Å². The number of thiophene rings is 1. The molecule has 344 valence electrons. The summed E-state index contributed by atoms with van der Waals surface area (Å²) in [5.41, 5.74) is 5.89. The molecule has 19 heteroatoms. The van der Waals surface area contributed by atoms with Crippen LogP contribution in [0.4, 0.5) is 11.4 Å². The highest BCUT2D eigenvalue weighted by atomic mass is 35.5. The van der Waals surface area contributed by atoms with Gasteiger partial charge in [-0.15, -0.1) is 21.5 Å². The molecule has 6 aliphatic heterocycles. The molecule has 4 saturated heterocycles. The van der Waals surface area contributed by atoms with E-state index >= 15 is 0 Å². The predicted octanol–water partition coefficient (Wildman–Crippen LogP) is 4.84. The lowest BCUT2D eigenvalue weighted by atomic mass is 9.99. The molecule has 4 fully saturated rings. The number of imide groups is 2. The Hall–Kier alpha value is -6.31. The van der Waals surface area contributed by atoms with Gasteiger partial charge in [0.2, 0.25) is 17.7 Å². The average molecular weight is 943 g/mol. The van der Waals surface area contributed by atoms with Gasteiger partial charge in [0.15, 0.2) is 5.82 Å². The fourth-order valence-corrected chi connectivity index (χ4v) is 11.2. The number of likely N-dealkylation sites (tertiary alicyclic amines) is 1. The van der Waals surface area contributed by atoms with Crippen molar-refractivity contribution in [2.75, 3.05) is 56.1 Å². The summed E-state index contributed by atoms with van der Waals surface area (Å²) < 4.78 is 14.6. The number of carbonyl (C=O) groups is 5. The highest BCUT2D eigenvalue weighted by Gasteiger charge is 2.46. The number of hydrogen-bond donors (Lipinski definition) is 2. The van der Waals surface area contributed by atoms with Crippen molar-refractivity contribution in [3.05, 3.63) is 116 Å². The van der Waals surface area contributed by atoms with Gasteiger partial charge in [0.25, 0.3) is 11.8 Å².